The van der Waals surface area contributed by atoms with Gasteiger partial charge in [0.05, 0.1) is 12.5 Å². The molecule has 110 valence electrons. The topological polar surface area (TPSA) is 62.5 Å². The lowest BCUT2D eigenvalue weighted by Crippen LogP contribution is -2.57. The first-order valence-corrected chi connectivity index (χ1v) is 6.32. The summed E-state index contributed by atoms with van der Waals surface area (Å²) >= 11 is 0. The number of carbonyl (C=O) groups excluding carboxylic acids is 1. The molecule has 4 rings (SSSR count). The van der Waals surface area contributed by atoms with Gasteiger partial charge in [-0.3, -0.25) is 14.6 Å². The highest BCUT2D eigenvalue weighted by atomic mass is 19.4. The van der Waals surface area contributed by atoms with Gasteiger partial charge in [-0.2, -0.15) is 18.2 Å². The van der Waals surface area contributed by atoms with Crippen molar-refractivity contribution in [1.29, 1.82) is 0 Å². The van der Waals surface area contributed by atoms with Gasteiger partial charge >= 0.3 is 6.18 Å². The molecule has 9 heteroatoms. The Morgan fingerprint density at radius 2 is 2.00 bits per heavy atom. The van der Waals surface area contributed by atoms with E-state index >= 15 is 0 Å². The van der Waals surface area contributed by atoms with Crippen LogP contribution in [0, 0.1) is 0 Å². The Morgan fingerprint density at radius 1 is 1.30 bits per heavy atom. The van der Waals surface area contributed by atoms with E-state index in [1.54, 1.807) is 0 Å². The number of carbonyl (C=O) groups is 1. The number of aromatic nitrogens is 2. The summed E-state index contributed by atoms with van der Waals surface area (Å²) in [7, 11) is 0. The smallest absolute Gasteiger partial charge is 0.339 e. The Morgan fingerprint density at radius 3 is 2.55 bits per heavy atom. The molecular weight excluding hydrogens is 277 g/mol. The van der Waals surface area contributed by atoms with Gasteiger partial charge in [-0.15, -0.1) is 0 Å². The monoisotopic (exact) mass is 290 g/mol. The van der Waals surface area contributed by atoms with Gasteiger partial charge in [-0.1, -0.05) is 5.16 Å². The zero-order chi connectivity index (χ0) is 14.3. The SMILES string of the molecule is O=C(Cc1nc(C2CN3CCN2CC3)no1)C(F)(F)F. The van der Waals surface area contributed by atoms with E-state index in [1.807, 2.05) is 0 Å². The number of alkyl halides is 3. The maximum absolute atomic E-state index is 12.2. The van der Waals surface area contributed by atoms with Gasteiger partial charge in [0, 0.05) is 32.7 Å². The van der Waals surface area contributed by atoms with Crippen LogP contribution in [0.1, 0.15) is 17.8 Å². The lowest BCUT2D eigenvalue weighted by atomic mass is 10.1. The number of nitrogens with zero attached hydrogens (tertiary/aromatic N) is 4. The Balaban J connectivity index is 1.70. The third kappa shape index (κ3) is 2.55. The number of ketones is 1. The van der Waals surface area contributed by atoms with Crippen LogP contribution in [0.3, 0.4) is 0 Å². The second-order valence-corrected chi connectivity index (χ2v) is 5.00. The van der Waals surface area contributed by atoms with E-state index in [1.165, 1.54) is 0 Å². The largest absolute Gasteiger partial charge is 0.450 e. The molecule has 1 aromatic rings. The molecule has 0 radical (unpaired) electrons. The molecule has 0 aliphatic carbocycles. The van der Waals surface area contributed by atoms with E-state index in [0.29, 0.717) is 5.82 Å². The van der Waals surface area contributed by atoms with E-state index < -0.39 is 18.4 Å². The first kappa shape index (κ1) is 13.5. The Kier molecular flexibility index (Phi) is 3.25. The zero-order valence-electron chi connectivity index (χ0n) is 10.6. The summed E-state index contributed by atoms with van der Waals surface area (Å²) in [5, 5.41) is 3.72. The second-order valence-electron chi connectivity index (χ2n) is 5.00. The van der Waals surface area contributed by atoms with E-state index in [4.69, 9.17) is 4.52 Å². The molecule has 0 saturated carbocycles. The van der Waals surface area contributed by atoms with Crippen molar-refractivity contribution >= 4 is 5.78 Å². The lowest BCUT2D eigenvalue weighted by molar-refractivity contribution is -0.170. The predicted molar refractivity (Wildman–Crippen MR) is 59.8 cm³/mol. The molecule has 3 aliphatic heterocycles. The Bertz CT molecular complexity index is 508. The zero-order valence-corrected chi connectivity index (χ0v) is 10.6. The highest BCUT2D eigenvalue weighted by molar-refractivity contribution is 5.85. The van der Waals surface area contributed by atoms with Crippen LogP contribution in [0.25, 0.3) is 0 Å². The van der Waals surface area contributed by atoms with Crippen molar-refractivity contribution in [2.45, 2.75) is 18.6 Å². The molecular formula is C11H13F3N4O2. The molecule has 3 fully saturated rings. The number of fused-ring (bicyclic) bond motifs is 3. The molecule has 3 saturated heterocycles. The fraction of sp³-hybridized carbons (Fsp3) is 0.727. The third-order valence-electron chi connectivity index (χ3n) is 3.69. The quantitative estimate of drug-likeness (QED) is 0.804. The average Bonchev–Trinajstić information content (AvgIpc) is 2.87. The van der Waals surface area contributed by atoms with Crippen LogP contribution in [0.5, 0.6) is 0 Å². The van der Waals surface area contributed by atoms with Gasteiger partial charge in [0.2, 0.25) is 11.7 Å². The van der Waals surface area contributed by atoms with Crippen LogP contribution in [-0.2, 0) is 11.2 Å². The molecule has 1 unspecified atom stereocenters. The number of halogens is 3. The standard InChI is InChI=1S/C11H13F3N4O2/c12-11(13,14)8(19)5-9-15-10(16-20-9)7-6-17-1-3-18(7)4-2-17/h7H,1-6H2. The molecule has 20 heavy (non-hydrogen) atoms. The molecule has 1 atom stereocenters. The van der Waals surface area contributed by atoms with Crippen LogP contribution < -0.4 is 0 Å². The summed E-state index contributed by atoms with van der Waals surface area (Å²) in [5.41, 5.74) is 0. The van der Waals surface area contributed by atoms with Gasteiger partial charge in [0.15, 0.2) is 5.82 Å². The summed E-state index contributed by atoms with van der Waals surface area (Å²) in [6, 6.07) is -0.0593. The van der Waals surface area contributed by atoms with E-state index in [9.17, 15) is 18.0 Å². The van der Waals surface area contributed by atoms with E-state index in [-0.39, 0.29) is 11.9 Å². The fourth-order valence-corrected chi connectivity index (χ4v) is 2.58. The minimum Gasteiger partial charge on any atom is -0.339 e. The molecule has 6 nitrogen and oxygen atoms in total. The molecule has 3 aliphatic rings. The molecule has 0 spiro atoms. The maximum Gasteiger partial charge on any atom is 0.450 e. The molecule has 2 bridgehead atoms. The molecule has 0 amide bonds. The molecule has 1 aromatic heterocycles. The first-order valence-electron chi connectivity index (χ1n) is 6.32. The van der Waals surface area contributed by atoms with Crippen molar-refractivity contribution in [2.75, 3.05) is 32.7 Å². The number of hydrogen-bond donors (Lipinski definition) is 0. The second kappa shape index (κ2) is 4.81. The number of piperazine rings is 3. The van der Waals surface area contributed by atoms with Gasteiger partial charge < -0.3 is 4.52 Å². The predicted octanol–water partition coefficient (Wildman–Crippen LogP) is 0.416. The van der Waals surface area contributed by atoms with Gasteiger partial charge in [-0.05, 0) is 0 Å². The van der Waals surface area contributed by atoms with E-state index in [2.05, 4.69) is 19.9 Å². The molecule has 0 N–H and O–H groups in total. The summed E-state index contributed by atoms with van der Waals surface area (Å²) in [5.74, 6) is -1.79. The van der Waals surface area contributed by atoms with Crippen molar-refractivity contribution in [3.8, 4) is 0 Å². The molecule has 0 aromatic carbocycles. The highest BCUT2D eigenvalue weighted by Gasteiger charge is 2.40. The van der Waals surface area contributed by atoms with Crippen LogP contribution in [-0.4, -0.2) is 64.6 Å². The fourth-order valence-electron chi connectivity index (χ4n) is 2.58. The minimum atomic E-state index is -4.87. The van der Waals surface area contributed by atoms with Crippen LogP contribution in [0.15, 0.2) is 4.52 Å². The van der Waals surface area contributed by atoms with Gasteiger partial charge in [-0.25, -0.2) is 0 Å². The van der Waals surface area contributed by atoms with Crippen LogP contribution >= 0.6 is 0 Å². The van der Waals surface area contributed by atoms with Crippen molar-refractivity contribution in [2.24, 2.45) is 0 Å². The third-order valence-corrected chi connectivity index (χ3v) is 3.69. The minimum absolute atomic E-state index is 0.0593. The maximum atomic E-state index is 12.2. The van der Waals surface area contributed by atoms with Gasteiger partial charge in [0.25, 0.3) is 0 Å². The van der Waals surface area contributed by atoms with Crippen molar-refractivity contribution in [1.82, 2.24) is 19.9 Å². The summed E-state index contributed by atoms with van der Waals surface area (Å²) < 4.78 is 41.3. The number of hydrogen-bond acceptors (Lipinski definition) is 6. The van der Waals surface area contributed by atoms with Crippen LogP contribution in [0.2, 0.25) is 0 Å². The number of Topliss-reactive ketones (excluding diaryl/α,β-unsaturated/α-hetero) is 1. The Hall–Kier alpha value is -1.48. The number of rotatable bonds is 3. The van der Waals surface area contributed by atoms with Crippen LogP contribution in [0.4, 0.5) is 13.2 Å². The molecule has 4 heterocycles. The normalized spacial score (nSPS) is 29.6. The first-order chi connectivity index (χ1) is 9.43. The summed E-state index contributed by atoms with van der Waals surface area (Å²) in [6.45, 7) is 4.47. The average molecular weight is 290 g/mol. The van der Waals surface area contributed by atoms with Crippen molar-refractivity contribution in [3.63, 3.8) is 0 Å². The summed E-state index contributed by atoms with van der Waals surface area (Å²) in [4.78, 5) is 19.2. The van der Waals surface area contributed by atoms with Gasteiger partial charge in [0.1, 0.15) is 0 Å². The van der Waals surface area contributed by atoms with Crippen molar-refractivity contribution < 1.29 is 22.5 Å². The Labute approximate surface area is 112 Å². The summed E-state index contributed by atoms with van der Waals surface area (Å²) in [6.07, 6.45) is -5.76. The lowest BCUT2D eigenvalue weighted by Gasteiger charge is -2.46. The van der Waals surface area contributed by atoms with Crippen molar-refractivity contribution in [3.05, 3.63) is 11.7 Å². The highest BCUT2D eigenvalue weighted by Crippen LogP contribution is 2.27. The van der Waals surface area contributed by atoms with E-state index in [0.717, 1.165) is 32.7 Å².